The first-order valence-electron chi connectivity index (χ1n) is 9.93. The van der Waals surface area contributed by atoms with Gasteiger partial charge in [0.25, 0.3) is 0 Å². The van der Waals surface area contributed by atoms with Crippen LogP contribution in [0.15, 0.2) is 36.5 Å². The molecule has 1 aromatic carbocycles. The number of carbonyl (C=O) groups excluding carboxylic acids is 1. The van der Waals surface area contributed by atoms with Crippen molar-refractivity contribution in [2.24, 2.45) is 0 Å². The normalized spacial score (nSPS) is 16.3. The summed E-state index contributed by atoms with van der Waals surface area (Å²) in [4.78, 5) is 21.8. The summed E-state index contributed by atoms with van der Waals surface area (Å²) in [6.07, 6.45) is -3.73. The summed E-state index contributed by atoms with van der Waals surface area (Å²) in [7, 11) is 0. The first-order chi connectivity index (χ1) is 15.2. The van der Waals surface area contributed by atoms with Crippen molar-refractivity contribution in [3.05, 3.63) is 64.7 Å². The number of fused-ring (bicyclic) bond motifs is 4. The lowest BCUT2D eigenvalue weighted by molar-refractivity contribution is -0.138. The van der Waals surface area contributed by atoms with Crippen molar-refractivity contribution in [1.82, 2.24) is 25.1 Å². The number of amides is 1. The molecule has 1 atom stereocenters. The molecule has 5 rings (SSSR count). The molecule has 1 amide bonds. The van der Waals surface area contributed by atoms with Crippen LogP contribution in [0.4, 0.5) is 18.0 Å². The fourth-order valence-corrected chi connectivity index (χ4v) is 4.16. The van der Waals surface area contributed by atoms with Gasteiger partial charge in [-0.1, -0.05) is 18.2 Å². The number of pyridine rings is 2. The highest BCUT2D eigenvalue weighted by molar-refractivity contribution is 6.08. The summed E-state index contributed by atoms with van der Waals surface area (Å²) >= 11 is 0. The molecule has 32 heavy (non-hydrogen) atoms. The van der Waals surface area contributed by atoms with Crippen molar-refractivity contribution in [1.29, 1.82) is 0 Å². The lowest BCUT2D eigenvalue weighted by Gasteiger charge is -2.26. The quantitative estimate of drug-likeness (QED) is 0.472. The Bertz CT molecular complexity index is 1380. The van der Waals surface area contributed by atoms with Crippen LogP contribution in [0.1, 0.15) is 34.3 Å². The molecule has 0 radical (unpaired) electrons. The minimum atomic E-state index is -4.50. The molecule has 1 N–H and O–H groups in total. The van der Waals surface area contributed by atoms with Crippen molar-refractivity contribution in [3.63, 3.8) is 0 Å². The molecule has 0 saturated carbocycles. The molecule has 0 spiro atoms. The van der Waals surface area contributed by atoms with E-state index in [1.165, 1.54) is 4.68 Å². The van der Waals surface area contributed by atoms with Crippen molar-refractivity contribution >= 4 is 27.8 Å². The largest absolute Gasteiger partial charge is 0.417 e. The van der Waals surface area contributed by atoms with Crippen molar-refractivity contribution in [2.45, 2.75) is 32.7 Å². The Morgan fingerprint density at radius 1 is 1.22 bits per heavy atom. The number of para-hydroxylation sites is 1. The molecular formula is C22H18F3N5O2. The molecule has 3 aromatic heterocycles. The van der Waals surface area contributed by atoms with Gasteiger partial charge in [-0.15, -0.1) is 0 Å². The summed E-state index contributed by atoms with van der Waals surface area (Å²) in [6, 6.07) is 7.23. The molecule has 0 bridgehead atoms. The van der Waals surface area contributed by atoms with Gasteiger partial charge in [-0.25, -0.2) is 4.79 Å². The Balaban J connectivity index is 1.55. The van der Waals surface area contributed by atoms with Gasteiger partial charge in [0, 0.05) is 28.2 Å². The average molecular weight is 441 g/mol. The van der Waals surface area contributed by atoms with E-state index in [0.29, 0.717) is 22.5 Å². The number of alkyl halides is 3. The zero-order valence-corrected chi connectivity index (χ0v) is 17.2. The number of hydrogen-bond donors (Lipinski definition) is 1. The van der Waals surface area contributed by atoms with Crippen LogP contribution >= 0.6 is 0 Å². The lowest BCUT2D eigenvalue weighted by atomic mass is 10.0. The Morgan fingerprint density at radius 2 is 2.00 bits per heavy atom. The monoisotopic (exact) mass is 441 g/mol. The molecule has 10 heteroatoms. The number of aryl methyl sites for hydroxylation is 2. The number of nitrogens with one attached hydrogen (secondary N) is 1. The number of hydrogen-bond acceptors (Lipinski definition) is 5. The zero-order chi connectivity index (χ0) is 22.6. The number of ether oxygens (including phenoxy) is 1. The highest BCUT2D eigenvalue weighted by atomic mass is 19.4. The first-order valence-corrected chi connectivity index (χ1v) is 9.93. The molecule has 0 saturated heterocycles. The van der Waals surface area contributed by atoms with Crippen LogP contribution in [0.5, 0.6) is 0 Å². The van der Waals surface area contributed by atoms with Gasteiger partial charge in [0.1, 0.15) is 0 Å². The molecule has 4 aromatic rings. The van der Waals surface area contributed by atoms with Crippen molar-refractivity contribution < 1.29 is 22.7 Å². The summed E-state index contributed by atoms with van der Waals surface area (Å²) in [5, 5.41) is 8.79. The smallest absolute Gasteiger partial charge is 0.374 e. The zero-order valence-electron chi connectivity index (χ0n) is 17.2. The van der Waals surface area contributed by atoms with Crippen LogP contribution in [0.3, 0.4) is 0 Å². The Kier molecular flexibility index (Phi) is 4.63. The topological polar surface area (TPSA) is 81.9 Å². The van der Waals surface area contributed by atoms with E-state index in [4.69, 9.17) is 4.74 Å². The second kappa shape index (κ2) is 7.27. The van der Waals surface area contributed by atoms with E-state index in [-0.39, 0.29) is 13.2 Å². The summed E-state index contributed by atoms with van der Waals surface area (Å²) in [6.45, 7) is 3.75. The van der Waals surface area contributed by atoms with Gasteiger partial charge in [-0.3, -0.25) is 9.97 Å². The van der Waals surface area contributed by atoms with Gasteiger partial charge in [0.05, 0.1) is 47.2 Å². The summed E-state index contributed by atoms with van der Waals surface area (Å²) in [5.74, 6) is 0. The molecule has 164 valence electrons. The fraction of sp³-hybridized carbons (Fsp3) is 0.273. The predicted octanol–water partition coefficient (Wildman–Crippen LogP) is 4.44. The van der Waals surface area contributed by atoms with E-state index in [1.54, 1.807) is 6.92 Å². The van der Waals surface area contributed by atoms with E-state index in [1.807, 2.05) is 31.2 Å². The number of aromatic nitrogens is 4. The van der Waals surface area contributed by atoms with E-state index in [2.05, 4.69) is 20.4 Å². The molecule has 1 aliphatic rings. The van der Waals surface area contributed by atoms with E-state index >= 15 is 0 Å². The SMILES string of the molecule is Cc1nc2ccccc2c2c1c(C)nn2C(=O)N[C@@H]1COCc2cc(C(F)(F)F)cnc21. The van der Waals surface area contributed by atoms with Gasteiger partial charge in [0.15, 0.2) is 0 Å². The Hall–Kier alpha value is -3.53. The van der Waals surface area contributed by atoms with E-state index in [0.717, 1.165) is 34.2 Å². The maximum atomic E-state index is 13.2. The standard InChI is InChI=1S/C22H18F3N5O2/c1-11-18-12(2)29-30(20(18)15-5-3-4-6-16(15)27-11)21(31)28-17-10-32-9-13-7-14(22(23,24)25)8-26-19(13)17/h3-8,17H,9-10H2,1-2H3,(H,28,31)/t17-/m1/s1. The second-order valence-electron chi connectivity index (χ2n) is 7.72. The molecule has 0 unspecified atom stereocenters. The molecule has 1 aliphatic heterocycles. The third-order valence-electron chi connectivity index (χ3n) is 5.56. The van der Waals surface area contributed by atoms with Gasteiger partial charge >= 0.3 is 12.2 Å². The van der Waals surface area contributed by atoms with Crippen LogP contribution < -0.4 is 5.32 Å². The van der Waals surface area contributed by atoms with Crippen LogP contribution in [0.2, 0.25) is 0 Å². The number of benzene rings is 1. The van der Waals surface area contributed by atoms with Gasteiger partial charge < -0.3 is 10.1 Å². The second-order valence-corrected chi connectivity index (χ2v) is 7.72. The van der Waals surface area contributed by atoms with Gasteiger partial charge in [-0.2, -0.15) is 23.0 Å². The van der Waals surface area contributed by atoms with Crippen LogP contribution in [-0.2, 0) is 17.5 Å². The van der Waals surface area contributed by atoms with E-state index < -0.39 is 23.8 Å². The van der Waals surface area contributed by atoms with Crippen molar-refractivity contribution in [2.75, 3.05) is 6.61 Å². The van der Waals surface area contributed by atoms with Crippen LogP contribution in [0, 0.1) is 13.8 Å². The minimum absolute atomic E-state index is 0.00205. The summed E-state index contributed by atoms with van der Waals surface area (Å²) in [5.41, 5.74) is 2.56. The maximum absolute atomic E-state index is 13.2. The number of carbonyl (C=O) groups is 1. The lowest BCUT2D eigenvalue weighted by Crippen LogP contribution is -2.38. The van der Waals surface area contributed by atoms with Gasteiger partial charge in [0.2, 0.25) is 0 Å². The van der Waals surface area contributed by atoms with Gasteiger partial charge in [-0.05, 0) is 26.0 Å². The molecule has 7 nitrogen and oxygen atoms in total. The third kappa shape index (κ3) is 3.27. The van der Waals surface area contributed by atoms with Crippen molar-refractivity contribution in [3.8, 4) is 0 Å². The molecule has 0 fully saturated rings. The molecule has 0 aliphatic carbocycles. The number of nitrogens with zero attached hydrogens (tertiary/aromatic N) is 4. The average Bonchev–Trinajstić information content (AvgIpc) is 3.11. The van der Waals surface area contributed by atoms with E-state index in [9.17, 15) is 18.0 Å². The summed E-state index contributed by atoms with van der Waals surface area (Å²) < 4.78 is 45.8. The maximum Gasteiger partial charge on any atom is 0.417 e. The first kappa shape index (κ1) is 20.4. The molecular weight excluding hydrogens is 423 g/mol. The minimum Gasteiger partial charge on any atom is -0.374 e. The van der Waals surface area contributed by atoms with Crippen LogP contribution in [0.25, 0.3) is 21.8 Å². The number of halogens is 3. The number of rotatable bonds is 1. The fourth-order valence-electron chi connectivity index (χ4n) is 4.16. The van der Waals surface area contributed by atoms with Crippen LogP contribution in [-0.4, -0.2) is 32.4 Å². The Labute approximate surface area is 180 Å². The third-order valence-corrected chi connectivity index (χ3v) is 5.56. The highest BCUT2D eigenvalue weighted by Gasteiger charge is 2.34. The Morgan fingerprint density at radius 3 is 2.78 bits per heavy atom. The predicted molar refractivity (Wildman–Crippen MR) is 110 cm³/mol. The molecule has 4 heterocycles. The highest BCUT2D eigenvalue weighted by Crippen LogP contribution is 2.33.